The number of nitrogens with one attached hydrogen (secondary N) is 1. The Morgan fingerprint density at radius 1 is 1.64 bits per heavy atom. The van der Waals surface area contributed by atoms with Crippen LogP contribution in [0.2, 0.25) is 0 Å². The van der Waals surface area contributed by atoms with Crippen LogP contribution in [-0.4, -0.2) is 22.9 Å². The highest BCUT2D eigenvalue weighted by Gasteiger charge is 2.23. The van der Waals surface area contributed by atoms with Crippen molar-refractivity contribution in [2.75, 3.05) is 5.88 Å². The lowest BCUT2D eigenvalue weighted by atomic mass is 10.2. The summed E-state index contributed by atoms with van der Waals surface area (Å²) in [5.41, 5.74) is 0. The largest absolute Gasteiger partial charge is 0.479 e. The number of furan rings is 1. The van der Waals surface area contributed by atoms with Crippen molar-refractivity contribution in [3.8, 4) is 0 Å². The average molecular weight is 218 g/mol. The topological polar surface area (TPSA) is 79.5 Å². The van der Waals surface area contributed by atoms with Gasteiger partial charge in [-0.1, -0.05) is 0 Å². The van der Waals surface area contributed by atoms with Crippen LogP contribution < -0.4 is 5.32 Å². The monoisotopic (exact) mass is 217 g/mol. The van der Waals surface area contributed by atoms with Gasteiger partial charge in [0, 0.05) is 0 Å². The first-order valence-electron chi connectivity index (χ1n) is 3.76. The van der Waals surface area contributed by atoms with Crippen LogP contribution in [0, 0.1) is 0 Å². The van der Waals surface area contributed by atoms with Crippen LogP contribution in [0.1, 0.15) is 11.8 Å². The fourth-order valence-corrected chi connectivity index (χ4v) is 0.987. The molecule has 1 aromatic heterocycles. The molecule has 5 nitrogen and oxygen atoms in total. The second-order valence-electron chi connectivity index (χ2n) is 2.49. The highest BCUT2D eigenvalue weighted by molar-refractivity contribution is 6.27. The van der Waals surface area contributed by atoms with Gasteiger partial charge < -0.3 is 14.8 Å². The van der Waals surface area contributed by atoms with Crippen molar-refractivity contribution in [3.05, 3.63) is 24.2 Å². The van der Waals surface area contributed by atoms with E-state index < -0.39 is 17.9 Å². The normalized spacial score (nSPS) is 12.1. The molecule has 6 heteroatoms. The minimum Gasteiger partial charge on any atom is -0.479 e. The van der Waals surface area contributed by atoms with E-state index in [-0.39, 0.29) is 11.6 Å². The molecule has 0 aromatic carbocycles. The Kier molecular flexibility index (Phi) is 3.53. The second-order valence-corrected chi connectivity index (χ2v) is 2.76. The molecule has 1 rings (SSSR count). The zero-order valence-corrected chi connectivity index (χ0v) is 7.82. The van der Waals surface area contributed by atoms with Crippen LogP contribution in [0.4, 0.5) is 0 Å². The van der Waals surface area contributed by atoms with Gasteiger partial charge in [0.25, 0.3) is 0 Å². The van der Waals surface area contributed by atoms with Crippen LogP contribution in [-0.2, 0) is 9.59 Å². The minimum absolute atomic E-state index is 0.163. The highest BCUT2D eigenvalue weighted by atomic mass is 35.5. The van der Waals surface area contributed by atoms with Gasteiger partial charge in [-0.3, -0.25) is 4.79 Å². The van der Waals surface area contributed by atoms with Crippen molar-refractivity contribution >= 4 is 23.5 Å². The smallest absolute Gasteiger partial charge is 0.334 e. The maximum Gasteiger partial charge on any atom is 0.334 e. The molecule has 0 bridgehead atoms. The van der Waals surface area contributed by atoms with E-state index in [0.717, 1.165) is 0 Å². The summed E-state index contributed by atoms with van der Waals surface area (Å²) in [6.45, 7) is 0. The molecule has 1 aromatic rings. The van der Waals surface area contributed by atoms with Gasteiger partial charge in [0.2, 0.25) is 5.91 Å². The summed E-state index contributed by atoms with van der Waals surface area (Å²) in [5.74, 6) is -1.88. The van der Waals surface area contributed by atoms with Crippen LogP contribution >= 0.6 is 11.6 Å². The number of aliphatic carboxylic acids is 1. The molecule has 1 amide bonds. The molecule has 0 aliphatic carbocycles. The summed E-state index contributed by atoms with van der Waals surface area (Å²) in [6, 6.07) is 1.82. The first-order chi connectivity index (χ1) is 6.65. The maximum absolute atomic E-state index is 10.9. The highest BCUT2D eigenvalue weighted by Crippen LogP contribution is 2.13. The Balaban J connectivity index is 2.76. The Bertz CT molecular complexity index is 322. The molecule has 0 spiro atoms. The molecule has 1 heterocycles. The molecule has 0 aliphatic heterocycles. The predicted octanol–water partition coefficient (Wildman–Crippen LogP) is 0.760. The number of carbonyl (C=O) groups is 2. The van der Waals surface area contributed by atoms with Gasteiger partial charge in [-0.25, -0.2) is 4.79 Å². The number of carboxylic acid groups (broad SMARTS) is 1. The lowest BCUT2D eigenvalue weighted by molar-refractivity contribution is -0.142. The van der Waals surface area contributed by atoms with Gasteiger partial charge in [-0.15, -0.1) is 11.6 Å². The number of rotatable bonds is 4. The molecule has 0 radical (unpaired) electrons. The Morgan fingerprint density at radius 3 is 2.79 bits per heavy atom. The molecule has 76 valence electrons. The zero-order chi connectivity index (χ0) is 10.6. The van der Waals surface area contributed by atoms with Crippen LogP contribution in [0.3, 0.4) is 0 Å². The van der Waals surface area contributed by atoms with E-state index in [1.807, 2.05) is 0 Å². The fourth-order valence-electron chi connectivity index (χ4n) is 0.910. The number of alkyl halides is 1. The van der Waals surface area contributed by atoms with Gasteiger partial charge in [0.05, 0.1) is 6.26 Å². The molecule has 1 unspecified atom stereocenters. The van der Waals surface area contributed by atoms with E-state index in [1.54, 1.807) is 0 Å². The summed E-state index contributed by atoms with van der Waals surface area (Å²) < 4.78 is 4.86. The van der Waals surface area contributed by atoms with Gasteiger partial charge >= 0.3 is 5.97 Å². The van der Waals surface area contributed by atoms with Crippen molar-refractivity contribution in [1.29, 1.82) is 0 Å². The second kappa shape index (κ2) is 4.66. The molecular weight excluding hydrogens is 210 g/mol. The average Bonchev–Trinajstić information content (AvgIpc) is 2.65. The molecular formula is C8H8ClNO4. The minimum atomic E-state index is -1.20. The number of amides is 1. The van der Waals surface area contributed by atoms with Crippen LogP contribution in [0.15, 0.2) is 22.8 Å². The van der Waals surface area contributed by atoms with Crippen molar-refractivity contribution in [2.45, 2.75) is 6.04 Å². The van der Waals surface area contributed by atoms with Crippen molar-refractivity contribution in [3.63, 3.8) is 0 Å². The van der Waals surface area contributed by atoms with E-state index in [1.165, 1.54) is 18.4 Å². The van der Waals surface area contributed by atoms with Crippen LogP contribution in [0.5, 0.6) is 0 Å². The predicted molar refractivity (Wildman–Crippen MR) is 47.9 cm³/mol. The third-order valence-electron chi connectivity index (χ3n) is 1.50. The lowest BCUT2D eigenvalue weighted by Gasteiger charge is -2.10. The molecule has 1 atom stereocenters. The maximum atomic E-state index is 10.9. The molecule has 14 heavy (non-hydrogen) atoms. The number of hydrogen-bond donors (Lipinski definition) is 2. The van der Waals surface area contributed by atoms with E-state index in [9.17, 15) is 9.59 Å². The van der Waals surface area contributed by atoms with E-state index in [4.69, 9.17) is 21.1 Å². The zero-order valence-electron chi connectivity index (χ0n) is 7.07. The SMILES string of the molecule is O=C(CCl)NC(C(=O)O)c1ccco1. The van der Waals surface area contributed by atoms with E-state index >= 15 is 0 Å². The Labute approximate surface area is 84.7 Å². The van der Waals surface area contributed by atoms with Gasteiger partial charge in [0.15, 0.2) is 6.04 Å². The van der Waals surface area contributed by atoms with E-state index in [2.05, 4.69) is 5.32 Å². The van der Waals surface area contributed by atoms with Crippen molar-refractivity contribution in [2.24, 2.45) is 0 Å². The van der Waals surface area contributed by atoms with Crippen LogP contribution in [0.25, 0.3) is 0 Å². The van der Waals surface area contributed by atoms with E-state index in [0.29, 0.717) is 0 Å². The summed E-state index contributed by atoms with van der Waals surface area (Å²) in [6.07, 6.45) is 1.33. The van der Waals surface area contributed by atoms with Gasteiger partial charge in [-0.2, -0.15) is 0 Å². The number of halogens is 1. The number of hydrogen-bond acceptors (Lipinski definition) is 3. The van der Waals surface area contributed by atoms with Crippen molar-refractivity contribution < 1.29 is 19.1 Å². The number of carbonyl (C=O) groups excluding carboxylic acids is 1. The summed E-state index contributed by atoms with van der Waals surface area (Å²) in [4.78, 5) is 21.6. The standard InChI is InChI=1S/C8H8ClNO4/c9-4-6(11)10-7(8(12)13)5-2-1-3-14-5/h1-3,7H,4H2,(H,10,11)(H,12,13). The quantitative estimate of drug-likeness (QED) is 0.730. The molecule has 0 aliphatic rings. The van der Waals surface area contributed by atoms with Gasteiger partial charge in [0.1, 0.15) is 11.6 Å². The first-order valence-corrected chi connectivity index (χ1v) is 4.30. The lowest BCUT2D eigenvalue weighted by Crippen LogP contribution is -2.34. The fraction of sp³-hybridized carbons (Fsp3) is 0.250. The third kappa shape index (κ3) is 2.50. The third-order valence-corrected chi connectivity index (χ3v) is 1.74. The molecule has 0 saturated carbocycles. The molecule has 0 fully saturated rings. The Morgan fingerprint density at radius 2 is 2.36 bits per heavy atom. The summed E-state index contributed by atoms with van der Waals surface area (Å²) in [5, 5.41) is 11.0. The number of carboxylic acids is 1. The first kappa shape index (κ1) is 10.6. The summed E-state index contributed by atoms with van der Waals surface area (Å²) >= 11 is 5.23. The molecule has 0 saturated heterocycles. The Hall–Kier alpha value is -1.49. The molecule has 2 N–H and O–H groups in total. The van der Waals surface area contributed by atoms with Gasteiger partial charge in [-0.05, 0) is 12.1 Å². The van der Waals surface area contributed by atoms with Crippen molar-refractivity contribution in [1.82, 2.24) is 5.32 Å². The summed E-state index contributed by atoms with van der Waals surface area (Å²) in [7, 11) is 0.